The minimum atomic E-state index is -3.03. The summed E-state index contributed by atoms with van der Waals surface area (Å²) in [6, 6.07) is 0. The molecule has 2 N–H and O–H groups in total. The summed E-state index contributed by atoms with van der Waals surface area (Å²) < 4.78 is 21.7. The third-order valence-electron chi connectivity index (χ3n) is 3.03. The molecule has 6 nitrogen and oxygen atoms in total. The number of hydrogen-bond donors (Lipinski definition) is 2. The van der Waals surface area contributed by atoms with Crippen molar-refractivity contribution in [3.05, 3.63) is 0 Å². The molecule has 1 saturated carbocycles. The van der Waals surface area contributed by atoms with Gasteiger partial charge in [-0.3, -0.25) is 9.59 Å². The van der Waals surface area contributed by atoms with Crippen LogP contribution in [0.25, 0.3) is 0 Å². The Kier molecular flexibility index (Phi) is 4.13. The van der Waals surface area contributed by atoms with Gasteiger partial charge in [0.15, 0.2) is 0 Å². The molecule has 98 valence electrons. The van der Waals surface area contributed by atoms with Crippen LogP contribution in [-0.4, -0.2) is 44.0 Å². The van der Waals surface area contributed by atoms with Crippen molar-refractivity contribution in [2.45, 2.75) is 25.7 Å². The fourth-order valence-electron chi connectivity index (χ4n) is 1.77. The van der Waals surface area contributed by atoms with E-state index in [1.54, 1.807) is 0 Å². The lowest BCUT2D eigenvalue weighted by molar-refractivity contribution is -0.162. The maximum Gasteiger partial charge on any atom is 0.319 e. The number of hydrogen-bond acceptors (Lipinski definition) is 4. The average molecular weight is 263 g/mol. The Hall–Kier alpha value is -1.11. The van der Waals surface area contributed by atoms with Crippen LogP contribution < -0.4 is 5.32 Å². The van der Waals surface area contributed by atoms with Gasteiger partial charge in [0.1, 0.15) is 15.3 Å². The van der Waals surface area contributed by atoms with E-state index in [4.69, 9.17) is 5.11 Å². The molecule has 0 aliphatic heterocycles. The largest absolute Gasteiger partial charge is 0.480 e. The van der Waals surface area contributed by atoms with Crippen molar-refractivity contribution in [1.82, 2.24) is 5.32 Å². The molecule has 0 unspecified atom stereocenters. The quantitative estimate of drug-likeness (QED) is 0.510. The second kappa shape index (κ2) is 5.03. The van der Waals surface area contributed by atoms with E-state index in [0.29, 0.717) is 19.3 Å². The molecule has 0 atom stereocenters. The third-order valence-corrected chi connectivity index (χ3v) is 4.06. The zero-order chi connectivity index (χ0) is 13.1. The number of carboxylic acids is 1. The highest BCUT2D eigenvalue weighted by Gasteiger charge is 2.50. The molecule has 17 heavy (non-hydrogen) atoms. The second-order valence-corrected chi connectivity index (χ2v) is 6.74. The van der Waals surface area contributed by atoms with Crippen molar-refractivity contribution in [2.75, 3.05) is 18.6 Å². The first-order valence-electron chi connectivity index (χ1n) is 5.47. The number of carbonyl (C=O) groups excluding carboxylic acids is 1. The molecule has 0 radical (unpaired) electrons. The maximum atomic E-state index is 11.7. The summed E-state index contributed by atoms with van der Waals surface area (Å²) in [6.07, 6.45) is 2.89. The van der Waals surface area contributed by atoms with Crippen LogP contribution in [0.5, 0.6) is 0 Å². The van der Waals surface area contributed by atoms with Crippen molar-refractivity contribution in [1.29, 1.82) is 0 Å². The van der Waals surface area contributed by atoms with E-state index in [1.807, 2.05) is 0 Å². The zero-order valence-corrected chi connectivity index (χ0v) is 10.5. The van der Waals surface area contributed by atoms with Crippen LogP contribution in [0.2, 0.25) is 0 Å². The highest BCUT2D eigenvalue weighted by atomic mass is 32.2. The minimum Gasteiger partial charge on any atom is -0.480 e. The molecule has 1 amide bonds. The first-order chi connectivity index (χ1) is 7.78. The number of carbonyl (C=O) groups is 2. The summed E-state index contributed by atoms with van der Waals surface area (Å²) in [5.74, 6) is -1.60. The summed E-state index contributed by atoms with van der Waals surface area (Å²) in [6.45, 7) is 0.195. The summed E-state index contributed by atoms with van der Waals surface area (Å²) in [5.41, 5.74) is -1.27. The summed E-state index contributed by atoms with van der Waals surface area (Å²) in [7, 11) is -3.03. The van der Waals surface area contributed by atoms with E-state index in [0.717, 1.165) is 12.7 Å². The van der Waals surface area contributed by atoms with Gasteiger partial charge in [-0.15, -0.1) is 0 Å². The summed E-state index contributed by atoms with van der Waals surface area (Å²) >= 11 is 0. The number of sulfone groups is 1. The van der Waals surface area contributed by atoms with Crippen LogP contribution in [0.4, 0.5) is 0 Å². The maximum absolute atomic E-state index is 11.7. The number of nitrogens with one attached hydrogen (secondary N) is 1. The molecule has 0 heterocycles. The predicted molar refractivity (Wildman–Crippen MR) is 61.3 cm³/mol. The van der Waals surface area contributed by atoms with Gasteiger partial charge < -0.3 is 10.4 Å². The van der Waals surface area contributed by atoms with Crippen molar-refractivity contribution in [3.8, 4) is 0 Å². The van der Waals surface area contributed by atoms with Gasteiger partial charge in [0, 0.05) is 12.8 Å². The molecule has 0 bridgehead atoms. The number of carboxylic acid groups (broad SMARTS) is 1. The molecule has 0 aromatic heterocycles. The molecule has 1 aliphatic carbocycles. The molecule has 0 aromatic rings. The Morgan fingerprint density at radius 3 is 2.29 bits per heavy atom. The van der Waals surface area contributed by atoms with E-state index in [2.05, 4.69) is 5.32 Å². The Morgan fingerprint density at radius 1 is 1.35 bits per heavy atom. The average Bonchev–Trinajstić information content (AvgIpc) is 2.08. The first kappa shape index (κ1) is 14.0. The van der Waals surface area contributed by atoms with E-state index in [9.17, 15) is 18.0 Å². The van der Waals surface area contributed by atoms with Gasteiger partial charge in [0.05, 0.1) is 5.75 Å². The van der Waals surface area contributed by atoms with Crippen LogP contribution in [-0.2, 0) is 19.4 Å². The van der Waals surface area contributed by atoms with Gasteiger partial charge in [0.25, 0.3) is 0 Å². The summed E-state index contributed by atoms with van der Waals surface area (Å²) in [5, 5.41) is 11.5. The van der Waals surface area contributed by atoms with Crippen molar-refractivity contribution < 1.29 is 23.1 Å². The lowest BCUT2D eigenvalue weighted by atomic mass is 9.68. The van der Waals surface area contributed by atoms with Crippen molar-refractivity contribution in [3.63, 3.8) is 0 Å². The standard InChI is InChI=1S/C10H17NO5S/c1-17(15,16)7-3-6-11-8(12)10(9(13)14)4-2-5-10/h2-7H2,1H3,(H,11,12)(H,13,14). The van der Waals surface area contributed by atoms with E-state index < -0.39 is 27.1 Å². The van der Waals surface area contributed by atoms with Crippen LogP contribution >= 0.6 is 0 Å². The topological polar surface area (TPSA) is 101 Å². The number of aliphatic carboxylic acids is 1. The van der Waals surface area contributed by atoms with Gasteiger partial charge in [-0.05, 0) is 19.3 Å². The zero-order valence-electron chi connectivity index (χ0n) is 9.73. The molecule has 0 saturated heterocycles. The van der Waals surface area contributed by atoms with Crippen molar-refractivity contribution in [2.24, 2.45) is 5.41 Å². The fraction of sp³-hybridized carbons (Fsp3) is 0.800. The molecule has 7 heteroatoms. The highest BCUT2D eigenvalue weighted by molar-refractivity contribution is 7.90. The molecule has 0 aromatic carbocycles. The lowest BCUT2D eigenvalue weighted by Gasteiger charge is -2.35. The lowest BCUT2D eigenvalue weighted by Crippen LogP contribution is -2.51. The number of rotatable bonds is 6. The van der Waals surface area contributed by atoms with Crippen molar-refractivity contribution >= 4 is 21.7 Å². The second-order valence-electron chi connectivity index (χ2n) is 4.48. The molecular weight excluding hydrogens is 246 g/mol. The highest BCUT2D eigenvalue weighted by Crippen LogP contribution is 2.41. The SMILES string of the molecule is CS(=O)(=O)CCCNC(=O)C1(C(=O)O)CCC1. The Balaban J connectivity index is 2.37. The Morgan fingerprint density at radius 2 is 1.94 bits per heavy atom. The van der Waals surface area contributed by atoms with Gasteiger partial charge in [-0.1, -0.05) is 6.42 Å². The third kappa shape index (κ3) is 3.42. The molecule has 1 aliphatic rings. The van der Waals surface area contributed by atoms with Crippen LogP contribution in [0.15, 0.2) is 0 Å². The van der Waals surface area contributed by atoms with E-state index >= 15 is 0 Å². The molecule has 1 rings (SSSR count). The van der Waals surface area contributed by atoms with Gasteiger partial charge in [-0.25, -0.2) is 8.42 Å². The van der Waals surface area contributed by atoms with Gasteiger partial charge in [0.2, 0.25) is 5.91 Å². The minimum absolute atomic E-state index is 0.00660. The predicted octanol–water partition coefficient (Wildman–Crippen LogP) is -0.208. The smallest absolute Gasteiger partial charge is 0.319 e. The van der Waals surface area contributed by atoms with Gasteiger partial charge in [-0.2, -0.15) is 0 Å². The Labute approximate surface area is 100 Å². The van der Waals surface area contributed by atoms with Gasteiger partial charge >= 0.3 is 5.97 Å². The summed E-state index contributed by atoms with van der Waals surface area (Å²) in [4.78, 5) is 22.7. The van der Waals surface area contributed by atoms with Crippen LogP contribution in [0, 0.1) is 5.41 Å². The Bertz CT molecular complexity index is 410. The van der Waals surface area contributed by atoms with E-state index in [-0.39, 0.29) is 12.3 Å². The molecular formula is C10H17NO5S. The van der Waals surface area contributed by atoms with E-state index in [1.165, 1.54) is 0 Å². The molecule has 1 fully saturated rings. The normalized spacial score (nSPS) is 18.2. The molecule has 0 spiro atoms. The fourth-order valence-corrected chi connectivity index (χ4v) is 2.44. The van der Waals surface area contributed by atoms with Crippen LogP contribution in [0.3, 0.4) is 0 Å². The number of amides is 1. The first-order valence-corrected chi connectivity index (χ1v) is 7.53. The van der Waals surface area contributed by atoms with Crippen LogP contribution in [0.1, 0.15) is 25.7 Å². The monoisotopic (exact) mass is 263 g/mol.